The Morgan fingerprint density at radius 2 is 1.81 bits per heavy atom. The Kier molecular flexibility index (Phi) is 6.14. The summed E-state index contributed by atoms with van der Waals surface area (Å²) in [7, 11) is -3.95. The monoisotopic (exact) mass is 586 g/mol. The summed E-state index contributed by atoms with van der Waals surface area (Å²) in [6, 6.07) is 14.0. The highest BCUT2D eigenvalue weighted by molar-refractivity contribution is 9.42. The van der Waals surface area contributed by atoms with E-state index in [0.29, 0.717) is 21.6 Å². The molecule has 0 unspecified atom stereocenters. The van der Waals surface area contributed by atoms with Crippen molar-refractivity contribution in [1.29, 1.82) is 0 Å². The highest BCUT2D eigenvalue weighted by Crippen LogP contribution is 2.44. The summed E-state index contributed by atoms with van der Waals surface area (Å²) in [5.41, 5.74) is 1.65. The Hall–Kier alpha value is -0.470. The number of alkyl halides is 3. The summed E-state index contributed by atoms with van der Waals surface area (Å²) in [6.45, 7) is 0. The van der Waals surface area contributed by atoms with Crippen LogP contribution in [0, 0.1) is 0 Å². The standard InChI is InChI=1S/C14H9Br3N2O5S2/c15-14(16,17)26(21,22)13-18-11-8-10(25-24-23-20)6-7-12(11)19(13)9-4-2-1-3-5-9/h1-8,20H. The second-order valence-corrected chi connectivity index (χ2v) is 16.0. The molecule has 26 heavy (non-hydrogen) atoms. The number of sulfone groups is 1. The van der Waals surface area contributed by atoms with Gasteiger partial charge in [-0.2, -0.15) is 0 Å². The van der Waals surface area contributed by atoms with E-state index in [-0.39, 0.29) is 5.16 Å². The lowest BCUT2D eigenvalue weighted by molar-refractivity contribution is -0.432. The molecule has 1 aromatic heterocycles. The van der Waals surface area contributed by atoms with E-state index < -0.39 is 11.3 Å². The number of rotatable bonds is 5. The molecule has 0 bridgehead atoms. The average Bonchev–Trinajstić information content (AvgIpc) is 2.99. The minimum absolute atomic E-state index is 0.161. The molecule has 3 aromatic rings. The Morgan fingerprint density at radius 1 is 1.12 bits per heavy atom. The number of para-hydroxylation sites is 1. The molecule has 0 atom stereocenters. The molecule has 2 aromatic carbocycles. The molecule has 3 rings (SSSR count). The summed E-state index contributed by atoms with van der Waals surface area (Å²) in [5.74, 6) is 0. The smallest absolute Gasteiger partial charge is 0.248 e. The summed E-state index contributed by atoms with van der Waals surface area (Å²) in [4.78, 5) is 4.87. The zero-order chi connectivity index (χ0) is 18.9. The van der Waals surface area contributed by atoms with Crippen molar-refractivity contribution in [3.8, 4) is 5.69 Å². The molecule has 0 aliphatic carbocycles. The fraction of sp³-hybridized carbons (Fsp3) is 0.0714. The van der Waals surface area contributed by atoms with Gasteiger partial charge in [0.15, 0.2) is 0 Å². The molecule has 0 saturated carbocycles. The summed E-state index contributed by atoms with van der Waals surface area (Å²) >= 11 is 9.98. The maximum Gasteiger partial charge on any atom is 0.248 e. The van der Waals surface area contributed by atoms with Gasteiger partial charge in [0.05, 0.1) is 23.1 Å². The Bertz CT molecular complexity index is 1040. The third kappa shape index (κ3) is 3.87. The van der Waals surface area contributed by atoms with Crippen molar-refractivity contribution in [2.75, 3.05) is 0 Å². The van der Waals surface area contributed by atoms with Crippen LogP contribution in [0.25, 0.3) is 16.7 Å². The number of imidazole rings is 1. The van der Waals surface area contributed by atoms with E-state index in [2.05, 4.69) is 62.1 Å². The Balaban J connectivity index is 2.29. The molecule has 138 valence electrons. The molecule has 0 saturated heterocycles. The van der Waals surface area contributed by atoms with Crippen LogP contribution in [0.2, 0.25) is 0 Å². The van der Waals surface area contributed by atoms with Crippen LogP contribution >= 0.6 is 59.8 Å². The predicted octanol–water partition coefficient (Wildman–Crippen LogP) is 5.02. The second kappa shape index (κ2) is 7.87. The van der Waals surface area contributed by atoms with E-state index >= 15 is 0 Å². The van der Waals surface area contributed by atoms with Crippen molar-refractivity contribution < 1.29 is 23.0 Å². The zero-order valence-corrected chi connectivity index (χ0v) is 18.9. The lowest BCUT2D eigenvalue weighted by Gasteiger charge is -2.15. The molecule has 0 aliphatic rings. The van der Waals surface area contributed by atoms with Crippen molar-refractivity contribution in [1.82, 2.24) is 9.55 Å². The molecule has 0 amide bonds. The minimum atomic E-state index is -3.95. The average molecular weight is 589 g/mol. The van der Waals surface area contributed by atoms with Gasteiger partial charge in [0.2, 0.25) is 16.5 Å². The van der Waals surface area contributed by atoms with Crippen molar-refractivity contribution in [2.24, 2.45) is 0 Å². The summed E-state index contributed by atoms with van der Waals surface area (Å²) < 4.78 is 30.3. The molecular formula is C14H9Br3N2O5S2. The van der Waals surface area contributed by atoms with E-state index in [1.54, 1.807) is 47.0 Å². The highest BCUT2D eigenvalue weighted by Gasteiger charge is 2.41. The lowest BCUT2D eigenvalue weighted by atomic mass is 10.3. The van der Waals surface area contributed by atoms with Crippen molar-refractivity contribution >= 4 is 80.7 Å². The number of halogens is 3. The molecule has 0 radical (unpaired) electrons. The van der Waals surface area contributed by atoms with Crippen molar-refractivity contribution in [3.63, 3.8) is 0 Å². The van der Waals surface area contributed by atoms with Gasteiger partial charge in [-0.1, -0.05) is 23.2 Å². The van der Waals surface area contributed by atoms with Crippen LogP contribution in [-0.4, -0.2) is 24.7 Å². The van der Waals surface area contributed by atoms with Gasteiger partial charge in [0.1, 0.15) is 0 Å². The van der Waals surface area contributed by atoms with Gasteiger partial charge >= 0.3 is 0 Å². The first-order valence-corrected chi connectivity index (χ1v) is 11.4. The molecule has 7 nitrogen and oxygen atoms in total. The molecule has 12 heteroatoms. The van der Waals surface area contributed by atoms with E-state index in [0.717, 1.165) is 12.0 Å². The van der Waals surface area contributed by atoms with Gasteiger partial charge in [-0.15, -0.1) is 4.33 Å². The molecule has 1 N–H and O–H groups in total. The van der Waals surface area contributed by atoms with E-state index in [9.17, 15) is 8.42 Å². The third-order valence-corrected chi connectivity index (χ3v) is 9.09. The van der Waals surface area contributed by atoms with Gasteiger partial charge < -0.3 is 0 Å². The predicted molar refractivity (Wildman–Crippen MR) is 108 cm³/mol. The molecule has 0 aliphatic heterocycles. The normalized spacial score (nSPS) is 12.6. The van der Waals surface area contributed by atoms with Gasteiger partial charge in [-0.3, -0.25) is 4.57 Å². The number of nitrogens with zero attached hydrogens (tertiary/aromatic N) is 2. The van der Waals surface area contributed by atoms with Crippen LogP contribution in [0.4, 0.5) is 0 Å². The summed E-state index contributed by atoms with van der Waals surface area (Å²) in [5, 5.41) is 11.7. The SMILES string of the molecule is O=S(=O)(c1nc2cc(SOOO)ccc2n1-c1ccccc1)C(Br)(Br)Br. The number of hydrogen-bond donors (Lipinski definition) is 1. The first-order chi connectivity index (χ1) is 12.3. The van der Waals surface area contributed by atoms with Gasteiger partial charge in [0, 0.05) is 10.6 Å². The van der Waals surface area contributed by atoms with Crippen molar-refractivity contribution in [3.05, 3.63) is 48.5 Å². The molecule has 1 heterocycles. The van der Waals surface area contributed by atoms with E-state index in [4.69, 9.17) is 5.26 Å². The third-order valence-electron chi connectivity index (χ3n) is 3.32. The maximum absolute atomic E-state index is 13.0. The van der Waals surface area contributed by atoms with Crippen LogP contribution in [0.15, 0.2) is 58.6 Å². The minimum Gasteiger partial charge on any atom is -0.283 e. The number of aromatic nitrogens is 2. The first-order valence-electron chi connectivity index (χ1n) is 6.80. The van der Waals surface area contributed by atoms with Crippen LogP contribution in [-0.2, 0) is 19.2 Å². The topological polar surface area (TPSA) is 90.7 Å². The molecular weight excluding hydrogens is 580 g/mol. The van der Waals surface area contributed by atoms with Crippen molar-refractivity contribution in [2.45, 2.75) is 11.5 Å². The largest absolute Gasteiger partial charge is 0.283 e. The van der Waals surface area contributed by atoms with Crippen LogP contribution in [0.1, 0.15) is 0 Å². The van der Waals surface area contributed by atoms with Gasteiger partial charge in [-0.25, -0.2) is 18.7 Å². The fourth-order valence-corrected chi connectivity index (χ4v) is 4.82. The summed E-state index contributed by atoms with van der Waals surface area (Å²) in [6.07, 6.45) is 0. The zero-order valence-electron chi connectivity index (χ0n) is 12.5. The lowest BCUT2D eigenvalue weighted by Crippen LogP contribution is -2.21. The van der Waals surface area contributed by atoms with Crippen LogP contribution in [0.5, 0.6) is 0 Å². The number of benzene rings is 2. The van der Waals surface area contributed by atoms with Crippen LogP contribution in [0.3, 0.4) is 0 Å². The molecule has 0 fully saturated rings. The Labute approximate surface area is 178 Å². The highest BCUT2D eigenvalue weighted by atomic mass is 80.0. The quantitative estimate of drug-likeness (QED) is 0.194. The number of fused-ring (bicyclic) bond motifs is 1. The second-order valence-electron chi connectivity index (χ2n) is 4.89. The first kappa shape index (κ1) is 20.3. The van der Waals surface area contributed by atoms with E-state index in [1.165, 1.54) is 0 Å². The van der Waals surface area contributed by atoms with Gasteiger partial charge in [0.25, 0.3) is 0 Å². The fourth-order valence-electron chi connectivity index (χ4n) is 2.25. The van der Waals surface area contributed by atoms with Crippen LogP contribution < -0.4 is 0 Å². The Morgan fingerprint density at radius 3 is 2.42 bits per heavy atom. The van der Waals surface area contributed by atoms with E-state index in [1.807, 2.05) is 6.07 Å². The molecule has 0 spiro atoms. The maximum atomic E-state index is 13.0. The number of hydrogen-bond acceptors (Lipinski definition) is 7. The van der Waals surface area contributed by atoms with Gasteiger partial charge in [-0.05, 0) is 78.1 Å².